The summed E-state index contributed by atoms with van der Waals surface area (Å²) in [6.45, 7) is 5.96. The van der Waals surface area contributed by atoms with Crippen molar-refractivity contribution >= 4 is 16.7 Å². The first-order valence-electron chi connectivity index (χ1n) is 8.00. The molecule has 0 spiro atoms. The average Bonchev–Trinajstić information content (AvgIpc) is 2.59. The van der Waals surface area contributed by atoms with E-state index in [1.54, 1.807) is 6.20 Å². The van der Waals surface area contributed by atoms with Crippen LogP contribution in [0, 0.1) is 11.8 Å². The van der Waals surface area contributed by atoms with Gasteiger partial charge in [-0.15, -0.1) is 6.58 Å². The van der Waals surface area contributed by atoms with Gasteiger partial charge in [-0.1, -0.05) is 24.3 Å². The first kappa shape index (κ1) is 14.9. The van der Waals surface area contributed by atoms with E-state index in [1.807, 2.05) is 36.4 Å². The summed E-state index contributed by atoms with van der Waals surface area (Å²) in [4.78, 5) is 17.0. The molecule has 1 saturated heterocycles. The number of nitrogens with zero attached hydrogens (tertiary/aromatic N) is 1. The van der Waals surface area contributed by atoms with Gasteiger partial charge in [0.05, 0.1) is 5.52 Å². The molecule has 3 nitrogen and oxygen atoms in total. The number of benzene rings is 1. The predicted octanol–water partition coefficient (Wildman–Crippen LogP) is 3.61. The monoisotopic (exact) mass is 294 g/mol. The molecule has 0 bridgehead atoms. The summed E-state index contributed by atoms with van der Waals surface area (Å²) in [6, 6.07) is 9.69. The zero-order chi connectivity index (χ0) is 15.4. The van der Waals surface area contributed by atoms with Crippen molar-refractivity contribution in [2.45, 2.75) is 19.3 Å². The van der Waals surface area contributed by atoms with Gasteiger partial charge in [-0.25, -0.2) is 0 Å². The van der Waals surface area contributed by atoms with Crippen molar-refractivity contribution in [1.29, 1.82) is 0 Å². The molecule has 1 N–H and O–H groups in total. The van der Waals surface area contributed by atoms with Crippen molar-refractivity contribution in [3.8, 4) is 0 Å². The number of nitrogens with one attached hydrogen (secondary N) is 1. The van der Waals surface area contributed by atoms with Gasteiger partial charge < -0.3 is 5.32 Å². The molecule has 1 aliphatic rings. The average molecular weight is 294 g/mol. The maximum absolute atomic E-state index is 12.6. The lowest BCUT2D eigenvalue weighted by molar-refractivity contribution is 0.0968. The maximum Gasteiger partial charge on any atom is 0.163 e. The molecule has 3 heteroatoms. The Hall–Kier alpha value is -2.00. The van der Waals surface area contributed by atoms with Gasteiger partial charge in [-0.2, -0.15) is 0 Å². The number of fused-ring (bicyclic) bond motifs is 1. The quantitative estimate of drug-likeness (QED) is 0.676. The molecule has 2 heterocycles. The third-order valence-corrected chi connectivity index (χ3v) is 4.67. The number of rotatable bonds is 5. The molecule has 1 aromatic carbocycles. The van der Waals surface area contributed by atoms with Crippen LogP contribution in [0.5, 0.6) is 0 Å². The molecule has 1 aromatic heterocycles. The summed E-state index contributed by atoms with van der Waals surface area (Å²) in [7, 11) is 0. The fourth-order valence-corrected chi connectivity index (χ4v) is 3.36. The van der Waals surface area contributed by atoms with Crippen molar-refractivity contribution in [2.75, 3.05) is 13.1 Å². The molecule has 0 aliphatic carbocycles. The number of carbonyl (C=O) groups is 1. The summed E-state index contributed by atoms with van der Waals surface area (Å²) in [6.07, 6.45) is 6.42. The fourth-order valence-electron chi connectivity index (χ4n) is 3.36. The lowest BCUT2D eigenvalue weighted by Gasteiger charge is -2.29. The standard InChI is InChI=1S/C19H22N2O/c1-2-14-13-20-11-9-15(14)7-8-19(22)17-10-12-21-18-6-4-3-5-16(17)18/h2-6,10,12,14-15,20H,1,7-9,11,13H2/t14-,15-/m1/s1. The molecule has 1 aliphatic heterocycles. The number of pyridine rings is 1. The largest absolute Gasteiger partial charge is 0.316 e. The van der Waals surface area contributed by atoms with E-state index < -0.39 is 0 Å². The van der Waals surface area contributed by atoms with Crippen LogP contribution in [0.2, 0.25) is 0 Å². The van der Waals surface area contributed by atoms with Crippen LogP contribution in [0.1, 0.15) is 29.6 Å². The van der Waals surface area contributed by atoms with E-state index in [1.165, 1.54) is 0 Å². The van der Waals surface area contributed by atoms with E-state index in [0.717, 1.165) is 42.4 Å². The Balaban J connectivity index is 1.72. The second kappa shape index (κ2) is 6.84. The third-order valence-electron chi connectivity index (χ3n) is 4.67. The van der Waals surface area contributed by atoms with Crippen molar-refractivity contribution in [1.82, 2.24) is 10.3 Å². The fraction of sp³-hybridized carbons (Fsp3) is 0.368. The van der Waals surface area contributed by atoms with Crippen molar-refractivity contribution in [2.24, 2.45) is 11.8 Å². The van der Waals surface area contributed by atoms with Crippen molar-refractivity contribution in [3.63, 3.8) is 0 Å². The molecule has 3 rings (SSSR count). The smallest absolute Gasteiger partial charge is 0.163 e. The Morgan fingerprint density at radius 1 is 1.36 bits per heavy atom. The van der Waals surface area contributed by atoms with Crippen molar-refractivity contribution in [3.05, 3.63) is 54.7 Å². The van der Waals surface area contributed by atoms with Gasteiger partial charge in [0.2, 0.25) is 0 Å². The predicted molar refractivity (Wildman–Crippen MR) is 90.0 cm³/mol. The Bertz CT molecular complexity index is 675. The van der Waals surface area contributed by atoms with Crippen LogP contribution in [-0.2, 0) is 0 Å². The number of Topliss-reactive ketones (excluding diaryl/α,β-unsaturated/α-hetero) is 1. The van der Waals surface area contributed by atoms with Crippen LogP contribution in [0.25, 0.3) is 10.9 Å². The molecule has 0 saturated carbocycles. The minimum Gasteiger partial charge on any atom is -0.316 e. The van der Waals surface area contributed by atoms with Gasteiger partial charge >= 0.3 is 0 Å². The second-order valence-corrected chi connectivity index (χ2v) is 5.99. The first-order valence-corrected chi connectivity index (χ1v) is 8.00. The molecular weight excluding hydrogens is 272 g/mol. The van der Waals surface area contributed by atoms with Crippen LogP contribution >= 0.6 is 0 Å². The topological polar surface area (TPSA) is 42.0 Å². The summed E-state index contributed by atoms with van der Waals surface area (Å²) in [5.74, 6) is 1.27. The maximum atomic E-state index is 12.6. The molecule has 2 aromatic rings. The summed E-state index contributed by atoms with van der Waals surface area (Å²) in [5.41, 5.74) is 1.69. The molecule has 22 heavy (non-hydrogen) atoms. The molecule has 114 valence electrons. The van der Waals surface area contributed by atoms with Gasteiger partial charge in [-0.05, 0) is 43.4 Å². The lowest BCUT2D eigenvalue weighted by atomic mass is 9.82. The molecule has 1 fully saturated rings. The van der Waals surface area contributed by atoms with Gasteiger partial charge in [0.25, 0.3) is 0 Å². The highest BCUT2D eigenvalue weighted by Crippen LogP contribution is 2.26. The number of para-hydroxylation sites is 1. The number of piperidine rings is 1. The van der Waals surface area contributed by atoms with Gasteiger partial charge in [0.15, 0.2) is 5.78 Å². The Labute approximate surface area is 131 Å². The third kappa shape index (κ3) is 3.09. The number of carbonyl (C=O) groups excluding carboxylic acids is 1. The van der Waals surface area contributed by atoms with E-state index in [2.05, 4.69) is 16.9 Å². The van der Waals surface area contributed by atoms with E-state index in [9.17, 15) is 4.79 Å². The number of hydrogen-bond acceptors (Lipinski definition) is 3. The van der Waals surface area contributed by atoms with Crippen LogP contribution in [0.3, 0.4) is 0 Å². The van der Waals surface area contributed by atoms with Gasteiger partial charge in [0.1, 0.15) is 0 Å². The summed E-state index contributed by atoms with van der Waals surface area (Å²) in [5, 5.41) is 4.35. The number of aromatic nitrogens is 1. The SMILES string of the molecule is C=C[C@@H]1CNCC[C@H]1CCC(=O)c1ccnc2ccccc12. The number of hydrogen-bond donors (Lipinski definition) is 1. The van der Waals surface area contributed by atoms with E-state index in [0.29, 0.717) is 18.3 Å². The Morgan fingerprint density at radius 2 is 2.23 bits per heavy atom. The normalized spacial score (nSPS) is 21.6. The molecular formula is C19H22N2O. The molecule has 0 radical (unpaired) electrons. The van der Waals surface area contributed by atoms with E-state index in [4.69, 9.17) is 0 Å². The van der Waals surface area contributed by atoms with E-state index in [-0.39, 0.29) is 5.78 Å². The highest BCUT2D eigenvalue weighted by Gasteiger charge is 2.23. The summed E-state index contributed by atoms with van der Waals surface area (Å²) < 4.78 is 0. The van der Waals surface area contributed by atoms with Crippen LogP contribution in [0.4, 0.5) is 0 Å². The minimum atomic E-state index is 0.222. The molecule has 0 unspecified atom stereocenters. The Kier molecular flexibility index (Phi) is 4.64. The lowest BCUT2D eigenvalue weighted by Crippen LogP contribution is -2.35. The van der Waals surface area contributed by atoms with Crippen LogP contribution in [-0.4, -0.2) is 23.9 Å². The van der Waals surface area contributed by atoms with Crippen molar-refractivity contribution < 1.29 is 4.79 Å². The highest BCUT2D eigenvalue weighted by atomic mass is 16.1. The first-order chi connectivity index (χ1) is 10.8. The highest BCUT2D eigenvalue weighted by molar-refractivity contribution is 6.07. The van der Waals surface area contributed by atoms with Gasteiger partial charge in [0, 0.05) is 30.1 Å². The zero-order valence-electron chi connectivity index (χ0n) is 12.8. The zero-order valence-corrected chi connectivity index (χ0v) is 12.8. The molecule has 2 atom stereocenters. The summed E-state index contributed by atoms with van der Waals surface area (Å²) >= 11 is 0. The van der Waals surface area contributed by atoms with Crippen LogP contribution < -0.4 is 5.32 Å². The molecule has 0 amide bonds. The van der Waals surface area contributed by atoms with E-state index >= 15 is 0 Å². The second-order valence-electron chi connectivity index (χ2n) is 5.99. The minimum absolute atomic E-state index is 0.222. The van der Waals surface area contributed by atoms with Crippen LogP contribution in [0.15, 0.2) is 49.2 Å². The van der Waals surface area contributed by atoms with Gasteiger partial charge in [-0.3, -0.25) is 9.78 Å². The number of ketones is 1. The Morgan fingerprint density at radius 3 is 3.09 bits per heavy atom.